The maximum absolute atomic E-state index is 5.99. The van der Waals surface area contributed by atoms with Gasteiger partial charge in [-0.3, -0.25) is 0 Å². The third-order valence-electron chi connectivity index (χ3n) is 2.52. The molecule has 0 saturated heterocycles. The molecule has 2 heteroatoms. The average molecular weight is 196 g/mol. The number of rotatable bonds is 3. The summed E-state index contributed by atoms with van der Waals surface area (Å²) < 4.78 is 0. The van der Waals surface area contributed by atoms with Gasteiger partial charge in [0.15, 0.2) is 0 Å². The first-order chi connectivity index (χ1) is 6.31. The Kier molecular flexibility index (Phi) is 2.56. The van der Waals surface area contributed by atoms with Crippen molar-refractivity contribution in [2.45, 2.75) is 24.1 Å². The van der Waals surface area contributed by atoms with E-state index in [1.54, 1.807) is 0 Å². The standard InChI is InChI=1S/C11H14ClN/c12-11-7-10(11)9-3-1-2-8(6-9)4-5-13/h1-3,6,10-11H,4-5,7,13H2. The van der Waals surface area contributed by atoms with Crippen molar-refractivity contribution in [1.82, 2.24) is 0 Å². The fraction of sp³-hybridized carbons (Fsp3) is 0.455. The van der Waals surface area contributed by atoms with E-state index in [-0.39, 0.29) is 0 Å². The molecule has 0 bridgehead atoms. The van der Waals surface area contributed by atoms with Crippen molar-refractivity contribution in [2.24, 2.45) is 5.73 Å². The van der Waals surface area contributed by atoms with Gasteiger partial charge >= 0.3 is 0 Å². The molecule has 0 spiro atoms. The molecule has 1 aliphatic rings. The van der Waals surface area contributed by atoms with Gasteiger partial charge in [-0.15, -0.1) is 11.6 Å². The fourth-order valence-electron chi connectivity index (χ4n) is 1.65. The van der Waals surface area contributed by atoms with Gasteiger partial charge in [-0.1, -0.05) is 24.3 Å². The van der Waals surface area contributed by atoms with E-state index in [2.05, 4.69) is 24.3 Å². The molecule has 2 unspecified atom stereocenters. The van der Waals surface area contributed by atoms with Gasteiger partial charge in [-0.2, -0.15) is 0 Å². The molecular formula is C11H14ClN. The number of hydrogen-bond donors (Lipinski definition) is 1. The lowest BCUT2D eigenvalue weighted by molar-refractivity contribution is 0.961. The molecule has 1 nitrogen and oxygen atoms in total. The van der Waals surface area contributed by atoms with Crippen LogP contribution < -0.4 is 5.73 Å². The fourth-order valence-corrected chi connectivity index (χ4v) is 1.99. The first-order valence-corrected chi connectivity index (χ1v) is 5.18. The summed E-state index contributed by atoms with van der Waals surface area (Å²) in [5.41, 5.74) is 8.21. The highest BCUT2D eigenvalue weighted by molar-refractivity contribution is 6.23. The number of alkyl halides is 1. The van der Waals surface area contributed by atoms with E-state index < -0.39 is 0 Å². The van der Waals surface area contributed by atoms with Gasteiger partial charge in [0, 0.05) is 11.3 Å². The highest BCUT2D eigenvalue weighted by atomic mass is 35.5. The van der Waals surface area contributed by atoms with Gasteiger partial charge < -0.3 is 5.73 Å². The molecule has 1 fully saturated rings. The highest BCUT2D eigenvalue weighted by Crippen LogP contribution is 2.45. The molecule has 2 N–H and O–H groups in total. The lowest BCUT2D eigenvalue weighted by Crippen LogP contribution is -2.02. The first-order valence-electron chi connectivity index (χ1n) is 4.74. The summed E-state index contributed by atoms with van der Waals surface area (Å²) in [5, 5.41) is 0.369. The second kappa shape index (κ2) is 3.69. The summed E-state index contributed by atoms with van der Waals surface area (Å²) in [6.45, 7) is 0.721. The number of benzene rings is 1. The Balaban J connectivity index is 2.13. The van der Waals surface area contributed by atoms with Crippen molar-refractivity contribution in [1.29, 1.82) is 0 Å². The predicted octanol–water partition coefficient (Wildman–Crippen LogP) is 2.28. The van der Waals surface area contributed by atoms with E-state index in [4.69, 9.17) is 17.3 Å². The summed E-state index contributed by atoms with van der Waals surface area (Å²) >= 11 is 5.99. The SMILES string of the molecule is NCCc1cccc(C2CC2Cl)c1. The lowest BCUT2D eigenvalue weighted by Gasteiger charge is -2.02. The van der Waals surface area contributed by atoms with Crippen LogP contribution in [0.4, 0.5) is 0 Å². The monoisotopic (exact) mass is 195 g/mol. The molecule has 0 amide bonds. The number of halogens is 1. The van der Waals surface area contributed by atoms with Gasteiger partial charge in [-0.05, 0) is 30.5 Å². The molecule has 1 saturated carbocycles. The van der Waals surface area contributed by atoms with Crippen molar-refractivity contribution in [3.8, 4) is 0 Å². The zero-order valence-electron chi connectivity index (χ0n) is 7.54. The Bertz CT molecular complexity index is 298. The minimum atomic E-state index is 0.369. The van der Waals surface area contributed by atoms with Crippen molar-refractivity contribution < 1.29 is 0 Å². The molecule has 2 atom stereocenters. The minimum Gasteiger partial charge on any atom is -0.330 e. The van der Waals surface area contributed by atoms with Crippen LogP contribution in [-0.2, 0) is 6.42 Å². The summed E-state index contributed by atoms with van der Waals surface area (Å²) in [6, 6.07) is 8.62. The topological polar surface area (TPSA) is 26.0 Å². The van der Waals surface area contributed by atoms with Crippen LogP contribution in [-0.4, -0.2) is 11.9 Å². The van der Waals surface area contributed by atoms with Crippen molar-refractivity contribution in [2.75, 3.05) is 6.54 Å². The zero-order valence-corrected chi connectivity index (χ0v) is 8.30. The van der Waals surface area contributed by atoms with Crippen molar-refractivity contribution >= 4 is 11.6 Å². The number of hydrogen-bond acceptors (Lipinski definition) is 1. The van der Waals surface area contributed by atoms with Gasteiger partial charge in [-0.25, -0.2) is 0 Å². The Morgan fingerprint density at radius 2 is 2.23 bits per heavy atom. The Morgan fingerprint density at radius 1 is 1.46 bits per heavy atom. The molecule has 1 aromatic carbocycles. The van der Waals surface area contributed by atoms with Gasteiger partial charge in [0.05, 0.1) is 0 Å². The second-order valence-electron chi connectivity index (χ2n) is 3.64. The second-order valence-corrected chi connectivity index (χ2v) is 4.20. The maximum atomic E-state index is 5.99. The van der Waals surface area contributed by atoms with Crippen LogP contribution in [0.3, 0.4) is 0 Å². The van der Waals surface area contributed by atoms with Crippen LogP contribution in [0.2, 0.25) is 0 Å². The maximum Gasteiger partial charge on any atom is 0.0411 e. The smallest absolute Gasteiger partial charge is 0.0411 e. The predicted molar refractivity (Wildman–Crippen MR) is 56.2 cm³/mol. The molecular weight excluding hydrogens is 182 g/mol. The molecule has 0 radical (unpaired) electrons. The molecule has 0 heterocycles. The Morgan fingerprint density at radius 3 is 2.85 bits per heavy atom. The van der Waals surface area contributed by atoms with E-state index in [0.29, 0.717) is 11.3 Å². The summed E-state index contributed by atoms with van der Waals surface area (Å²) in [5.74, 6) is 0.597. The van der Waals surface area contributed by atoms with E-state index in [1.807, 2.05) is 0 Å². The van der Waals surface area contributed by atoms with Gasteiger partial charge in [0.25, 0.3) is 0 Å². The zero-order chi connectivity index (χ0) is 9.26. The normalized spacial score (nSPS) is 26.0. The van der Waals surface area contributed by atoms with Crippen LogP contribution >= 0.6 is 11.6 Å². The van der Waals surface area contributed by atoms with Crippen molar-refractivity contribution in [3.63, 3.8) is 0 Å². The van der Waals surface area contributed by atoms with Crippen LogP contribution in [0.25, 0.3) is 0 Å². The van der Waals surface area contributed by atoms with E-state index in [9.17, 15) is 0 Å². The highest BCUT2D eigenvalue weighted by Gasteiger charge is 2.36. The van der Waals surface area contributed by atoms with Crippen LogP contribution in [0.1, 0.15) is 23.5 Å². The van der Waals surface area contributed by atoms with Crippen LogP contribution in [0, 0.1) is 0 Å². The summed E-state index contributed by atoms with van der Waals surface area (Å²) in [6.07, 6.45) is 2.10. The molecule has 2 rings (SSSR count). The molecule has 0 aliphatic heterocycles. The molecule has 13 heavy (non-hydrogen) atoms. The minimum absolute atomic E-state index is 0.369. The Labute approximate surface area is 83.9 Å². The summed E-state index contributed by atoms with van der Waals surface area (Å²) in [7, 11) is 0. The molecule has 1 aromatic rings. The molecule has 70 valence electrons. The van der Waals surface area contributed by atoms with Crippen LogP contribution in [0.15, 0.2) is 24.3 Å². The van der Waals surface area contributed by atoms with Gasteiger partial charge in [0.1, 0.15) is 0 Å². The third kappa shape index (κ3) is 2.04. The van der Waals surface area contributed by atoms with E-state index in [0.717, 1.165) is 19.4 Å². The molecule has 0 aromatic heterocycles. The largest absolute Gasteiger partial charge is 0.330 e. The average Bonchev–Trinajstić information content (AvgIpc) is 2.84. The van der Waals surface area contributed by atoms with Crippen molar-refractivity contribution in [3.05, 3.63) is 35.4 Å². The first kappa shape index (κ1) is 9.04. The lowest BCUT2D eigenvalue weighted by atomic mass is 10.1. The third-order valence-corrected chi connectivity index (χ3v) is 3.01. The quantitative estimate of drug-likeness (QED) is 0.736. The molecule has 1 aliphatic carbocycles. The van der Waals surface area contributed by atoms with Crippen LogP contribution in [0.5, 0.6) is 0 Å². The van der Waals surface area contributed by atoms with Gasteiger partial charge in [0.2, 0.25) is 0 Å². The Hall–Kier alpha value is -0.530. The van der Waals surface area contributed by atoms with E-state index >= 15 is 0 Å². The summed E-state index contributed by atoms with van der Waals surface area (Å²) in [4.78, 5) is 0. The number of nitrogens with two attached hydrogens (primary N) is 1. The van der Waals surface area contributed by atoms with E-state index in [1.165, 1.54) is 11.1 Å².